The van der Waals surface area contributed by atoms with Crippen molar-refractivity contribution in [1.82, 2.24) is 15.2 Å². The van der Waals surface area contributed by atoms with E-state index in [2.05, 4.69) is 48.4 Å². The molecule has 0 aromatic carbocycles. The van der Waals surface area contributed by atoms with Gasteiger partial charge in [-0.15, -0.1) is 11.3 Å². The van der Waals surface area contributed by atoms with Gasteiger partial charge in [-0.05, 0) is 38.9 Å². The summed E-state index contributed by atoms with van der Waals surface area (Å²) in [5, 5.41) is 6.80. The van der Waals surface area contributed by atoms with Gasteiger partial charge in [0.15, 0.2) is 5.13 Å². The van der Waals surface area contributed by atoms with Gasteiger partial charge in [0.1, 0.15) is 0 Å². The van der Waals surface area contributed by atoms with Crippen LogP contribution in [0.25, 0.3) is 0 Å². The molecule has 2 heterocycles. The predicted molar refractivity (Wildman–Crippen MR) is 87.6 cm³/mol. The number of likely N-dealkylation sites (N-methyl/N-ethyl adjacent to an activating group) is 2. The lowest BCUT2D eigenvalue weighted by atomic mass is 10.1. The molecule has 2 rings (SSSR count). The van der Waals surface area contributed by atoms with Crippen LogP contribution in [0.2, 0.25) is 0 Å². The maximum Gasteiger partial charge on any atom is 0.185 e. The standard InChI is InChI=1S/C15H28N4S/c1-12(2)8-16-9-13-11-20-15(17-13)19(4)14-6-5-7-18(3)10-14/h11-12,14,16H,5-10H2,1-4H3. The van der Waals surface area contributed by atoms with Crippen molar-refractivity contribution >= 4 is 16.5 Å². The Labute approximate surface area is 127 Å². The molecule has 0 radical (unpaired) electrons. The van der Waals surface area contributed by atoms with E-state index in [1.807, 2.05) is 0 Å². The van der Waals surface area contributed by atoms with Crippen LogP contribution < -0.4 is 10.2 Å². The average molecular weight is 296 g/mol. The zero-order valence-corrected chi connectivity index (χ0v) is 14.0. The Morgan fingerprint density at radius 1 is 1.55 bits per heavy atom. The molecular formula is C15H28N4S. The Balaban J connectivity index is 1.87. The highest BCUT2D eigenvalue weighted by Gasteiger charge is 2.22. The molecule has 20 heavy (non-hydrogen) atoms. The molecule has 4 nitrogen and oxygen atoms in total. The Bertz CT molecular complexity index is 404. The van der Waals surface area contributed by atoms with Gasteiger partial charge < -0.3 is 15.1 Å². The Kier molecular flexibility index (Phi) is 5.81. The molecule has 1 saturated heterocycles. The highest BCUT2D eigenvalue weighted by atomic mass is 32.1. The summed E-state index contributed by atoms with van der Waals surface area (Å²) in [6.45, 7) is 8.77. The molecule has 1 aromatic rings. The molecule has 0 saturated carbocycles. The first-order valence-electron chi connectivity index (χ1n) is 7.62. The largest absolute Gasteiger partial charge is 0.347 e. The molecule has 1 unspecified atom stereocenters. The molecule has 0 bridgehead atoms. The summed E-state index contributed by atoms with van der Waals surface area (Å²) in [6, 6.07) is 0.608. The number of anilines is 1. The van der Waals surface area contributed by atoms with Crippen molar-refractivity contribution in [1.29, 1.82) is 0 Å². The third kappa shape index (κ3) is 4.43. The highest BCUT2D eigenvalue weighted by Crippen LogP contribution is 2.24. The highest BCUT2D eigenvalue weighted by molar-refractivity contribution is 7.13. The van der Waals surface area contributed by atoms with Crippen molar-refractivity contribution in [2.24, 2.45) is 5.92 Å². The number of thiazole rings is 1. The molecule has 1 aliphatic rings. The molecule has 1 N–H and O–H groups in total. The third-order valence-electron chi connectivity index (χ3n) is 3.85. The summed E-state index contributed by atoms with van der Waals surface area (Å²) >= 11 is 1.77. The zero-order valence-electron chi connectivity index (χ0n) is 13.2. The minimum atomic E-state index is 0.608. The van der Waals surface area contributed by atoms with Crippen LogP contribution in [-0.2, 0) is 6.54 Å². The number of nitrogens with zero attached hydrogens (tertiary/aromatic N) is 3. The van der Waals surface area contributed by atoms with E-state index in [0.717, 1.165) is 24.8 Å². The Morgan fingerprint density at radius 2 is 2.35 bits per heavy atom. The smallest absolute Gasteiger partial charge is 0.185 e. The summed E-state index contributed by atoms with van der Waals surface area (Å²) in [5.41, 5.74) is 1.17. The van der Waals surface area contributed by atoms with Gasteiger partial charge in [0.25, 0.3) is 0 Å². The number of hydrogen-bond acceptors (Lipinski definition) is 5. The predicted octanol–water partition coefficient (Wildman–Crippen LogP) is 2.42. The number of likely N-dealkylation sites (tertiary alicyclic amines) is 1. The number of hydrogen-bond donors (Lipinski definition) is 1. The first kappa shape index (κ1) is 15.7. The van der Waals surface area contributed by atoms with E-state index in [-0.39, 0.29) is 0 Å². The molecule has 114 valence electrons. The van der Waals surface area contributed by atoms with E-state index >= 15 is 0 Å². The van der Waals surface area contributed by atoms with Crippen LogP contribution in [0.15, 0.2) is 5.38 Å². The molecular weight excluding hydrogens is 268 g/mol. The van der Waals surface area contributed by atoms with E-state index in [9.17, 15) is 0 Å². The third-order valence-corrected chi connectivity index (χ3v) is 4.83. The number of rotatable bonds is 6. The first-order valence-corrected chi connectivity index (χ1v) is 8.50. The van der Waals surface area contributed by atoms with E-state index in [4.69, 9.17) is 4.98 Å². The maximum absolute atomic E-state index is 4.77. The summed E-state index contributed by atoms with van der Waals surface area (Å²) in [6.07, 6.45) is 2.57. The molecule has 0 amide bonds. The fourth-order valence-electron chi connectivity index (χ4n) is 2.64. The van der Waals surface area contributed by atoms with Gasteiger partial charge in [0.05, 0.1) is 5.69 Å². The van der Waals surface area contributed by atoms with Gasteiger partial charge >= 0.3 is 0 Å². The SMILES string of the molecule is CC(C)CNCc1csc(N(C)C2CCCN(C)C2)n1. The van der Waals surface area contributed by atoms with Gasteiger partial charge in [0.2, 0.25) is 0 Å². The lowest BCUT2D eigenvalue weighted by Gasteiger charge is -2.35. The van der Waals surface area contributed by atoms with Crippen LogP contribution in [0.3, 0.4) is 0 Å². The zero-order chi connectivity index (χ0) is 14.5. The van der Waals surface area contributed by atoms with E-state index < -0.39 is 0 Å². The summed E-state index contributed by atoms with van der Waals surface area (Å²) in [7, 11) is 4.40. The maximum atomic E-state index is 4.77. The van der Waals surface area contributed by atoms with Gasteiger partial charge in [-0.25, -0.2) is 4.98 Å². The second kappa shape index (κ2) is 7.38. The lowest BCUT2D eigenvalue weighted by molar-refractivity contribution is 0.248. The second-order valence-electron chi connectivity index (χ2n) is 6.32. The average Bonchev–Trinajstić information content (AvgIpc) is 2.86. The van der Waals surface area contributed by atoms with Gasteiger partial charge in [0, 0.05) is 31.6 Å². The molecule has 1 fully saturated rings. The number of piperidine rings is 1. The Morgan fingerprint density at radius 3 is 3.05 bits per heavy atom. The van der Waals surface area contributed by atoms with Crippen LogP contribution in [-0.4, -0.2) is 49.7 Å². The van der Waals surface area contributed by atoms with Gasteiger partial charge in [-0.2, -0.15) is 0 Å². The van der Waals surface area contributed by atoms with Crippen LogP contribution >= 0.6 is 11.3 Å². The van der Waals surface area contributed by atoms with Crippen LogP contribution in [0.1, 0.15) is 32.4 Å². The van der Waals surface area contributed by atoms with Crippen molar-refractivity contribution in [2.45, 2.75) is 39.3 Å². The number of aromatic nitrogens is 1. The van der Waals surface area contributed by atoms with Crippen LogP contribution in [0, 0.1) is 5.92 Å². The minimum absolute atomic E-state index is 0.608. The molecule has 1 aromatic heterocycles. The number of nitrogens with one attached hydrogen (secondary N) is 1. The second-order valence-corrected chi connectivity index (χ2v) is 7.15. The monoisotopic (exact) mass is 296 g/mol. The minimum Gasteiger partial charge on any atom is -0.347 e. The van der Waals surface area contributed by atoms with E-state index in [1.165, 1.54) is 25.1 Å². The van der Waals surface area contributed by atoms with E-state index in [0.29, 0.717) is 12.0 Å². The van der Waals surface area contributed by atoms with Crippen molar-refractivity contribution in [3.63, 3.8) is 0 Å². The fraction of sp³-hybridized carbons (Fsp3) is 0.800. The topological polar surface area (TPSA) is 31.4 Å². The normalized spacial score (nSPS) is 20.6. The van der Waals surface area contributed by atoms with Crippen molar-refractivity contribution in [2.75, 3.05) is 38.6 Å². The first-order chi connectivity index (χ1) is 9.56. The van der Waals surface area contributed by atoms with E-state index in [1.54, 1.807) is 11.3 Å². The fourth-order valence-corrected chi connectivity index (χ4v) is 3.50. The molecule has 1 aliphatic heterocycles. The van der Waals surface area contributed by atoms with Crippen molar-refractivity contribution < 1.29 is 0 Å². The summed E-state index contributed by atoms with van der Waals surface area (Å²) in [4.78, 5) is 9.56. The molecule has 1 atom stereocenters. The van der Waals surface area contributed by atoms with Gasteiger partial charge in [-0.1, -0.05) is 13.8 Å². The van der Waals surface area contributed by atoms with Crippen LogP contribution in [0.5, 0.6) is 0 Å². The quantitative estimate of drug-likeness (QED) is 0.873. The van der Waals surface area contributed by atoms with Crippen molar-refractivity contribution in [3.05, 3.63) is 11.1 Å². The van der Waals surface area contributed by atoms with Gasteiger partial charge in [-0.3, -0.25) is 0 Å². The van der Waals surface area contributed by atoms with Crippen molar-refractivity contribution in [3.8, 4) is 0 Å². The van der Waals surface area contributed by atoms with Crippen LogP contribution in [0.4, 0.5) is 5.13 Å². The molecule has 5 heteroatoms. The summed E-state index contributed by atoms with van der Waals surface area (Å²) < 4.78 is 0. The molecule has 0 spiro atoms. The lowest BCUT2D eigenvalue weighted by Crippen LogP contribution is -2.45. The summed E-state index contributed by atoms with van der Waals surface area (Å²) in [5.74, 6) is 0.688. The Hall–Kier alpha value is -0.650. The molecule has 0 aliphatic carbocycles.